The summed E-state index contributed by atoms with van der Waals surface area (Å²) in [5.74, 6) is 0.718. The molecule has 0 bridgehead atoms. The lowest BCUT2D eigenvalue weighted by Gasteiger charge is -2.05. The molecular weight excluding hydrogens is 485 g/mol. The van der Waals surface area contributed by atoms with E-state index in [-0.39, 0.29) is 0 Å². The van der Waals surface area contributed by atoms with E-state index in [0.29, 0.717) is 0 Å². The number of rotatable bonds is 5. The summed E-state index contributed by atoms with van der Waals surface area (Å²) >= 11 is 2.33. The van der Waals surface area contributed by atoms with Crippen LogP contribution in [-0.2, 0) is 13.6 Å². The minimum Gasteiger partial charge on any atom is -0.342 e. The minimum atomic E-state index is 0.718. The number of fused-ring (bicyclic) bond motifs is 2. The number of hydrazone groups is 1. The SMILES string of the molecule is Cn1c(N/N=C\c2cn(Cc3ccc(I)cc3)c3ccccc23)nc2ccccc21. The third-order valence-electron chi connectivity index (χ3n) is 5.24. The number of hydrogen-bond acceptors (Lipinski definition) is 3. The molecular formula is C24H20IN5. The summed E-state index contributed by atoms with van der Waals surface area (Å²) in [7, 11) is 1.99. The first-order valence-corrected chi connectivity index (χ1v) is 10.8. The lowest BCUT2D eigenvalue weighted by molar-refractivity contribution is 0.836. The van der Waals surface area contributed by atoms with Crippen molar-refractivity contribution in [3.63, 3.8) is 0 Å². The van der Waals surface area contributed by atoms with Crippen LogP contribution in [-0.4, -0.2) is 20.3 Å². The normalized spacial score (nSPS) is 11.7. The first-order valence-electron chi connectivity index (χ1n) is 9.72. The molecule has 0 unspecified atom stereocenters. The van der Waals surface area contributed by atoms with Crippen molar-refractivity contribution >= 4 is 56.7 Å². The fourth-order valence-electron chi connectivity index (χ4n) is 3.70. The summed E-state index contributed by atoms with van der Waals surface area (Å²) in [5, 5.41) is 5.66. The van der Waals surface area contributed by atoms with Gasteiger partial charge in [0, 0.05) is 39.8 Å². The van der Waals surface area contributed by atoms with Gasteiger partial charge in [-0.1, -0.05) is 42.5 Å². The van der Waals surface area contributed by atoms with Gasteiger partial charge in [0.15, 0.2) is 0 Å². The highest BCUT2D eigenvalue weighted by Crippen LogP contribution is 2.22. The highest BCUT2D eigenvalue weighted by Gasteiger charge is 2.08. The Morgan fingerprint density at radius 3 is 2.50 bits per heavy atom. The summed E-state index contributed by atoms with van der Waals surface area (Å²) in [6.45, 7) is 0.823. The molecule has 1 N–H and O–H groups in total. The number of para-hydroxylation sites is 3. The van der Waals surface area contributed by atoms with Crippen molar-refractivity contribution in [3.8, 4) is 0 Å². The average Bonchev–Trinajstić information content (AvgIpc) is 3.28. The number of hydrogen-bond donors (Lipinski definition) is 1. The molecule has 2 heterocycles. The van der Waals surface area contributed by atoms with Gasteiger partial charge in [0.05, 0.1) is 17.2 Å². The lowest BCUT2D eigenvalue weighted by Crippen LogP contribution is -1.99. The van der Waals surface area contributed by atoms with Crippen LogP contribution in [0.5, 0.6) is 0 Å². The summed E-state index contributed by atoms with van der Waals surface area (Å²) in [6, 6.07) is 25.1. The van der Waals surface area contributed by atoms with E-state index in [1.807, 2.05) is 36.0 Å². The zero-order valence-corrected chi connectivity index (χ0v) is 18.6. The molecule has 0 saturated carbocycles. The number of halogens is 1. The van der Waals surface area contributed by atoms with E-state index in [2.05, 4.69) is 103 Å². The molecule has 0 atom stereocenters. The molecule has 30 heavy (non-hydrogen) atoms. The van der Waals surface area contributed by atoms with Crippen molar-refractivity contribution in [2.24, 2.45) is 12.1 Å². The molecule has 0 aliphatic carbocycles. The number of benzene rings is 3. The Morgan fingerprint density at radius 1 is 0.967 bits per heavy atom. The summed E-state index contributed by atoms with van der Waals surface area (Å²) in [4.78, 5) is 4.61. The molecule has 0 aliphatic rings. The lowest BCUT2D eigenvalue weighted by atomic mass is 10.2. The van der Waals surface area contributed by atoms with Gasteiger partial charge in [0.25, 0.3) is 0 Å². The molecule has 3 aromatic carbocycles. The Hall–Kier alpha value is -3.13. The average molecular weight is 505 g/mol. The maximum atomic E-state index is 4.61. The molecule has 0 amide bonds. The quantitative estimate of drug-likeness (QED) is 0.191. The zero-order valence-electron chi connectivity index (χ0n) is 16.5. The van der Waals surface area contributed by atoms with E-state index in [4.69, 9.17) is 0 Å². The Morgan fingerprint density at radius 2 is 1.70 bits per heavy atom. The van der Waals surface area contributed by atoms with Crippen LogP contribution in [0.1, 0.15) is 11.1 Å². The zero-order chi connectivity index (χ0) is 20.5. The van der Waals surface area contributed by atoms with Crippen LogP contribution in [0.2, 0.25) is 0 Å². The van der Waals surface area contributed by atoms with Crippen molar-refractivity contribution in [1.82, 2.24) is 14.1 Å². The van der Waals surface area contributed by atoms with Gasteiger partial charge in [-0.2, -0.15) is 5.10 Å². The van der Waals surface area contributed by atoms with Gasteiger partial charge in [0.1, 0.15) is 0 Å². The molecule has 5 aromatic rings. The molecule has 2 aromatic heterocycles. The highest BCUT2D eigenvalue weighted by atomic mass is 127. The van der Waals surface area contributed by atoms with Crippen LogP contribution in [0.3, 0.4) is 0 Å². The second-order valence-electron chi connectivity index (χ2n) is 7.21. The van der Waals surface area contributed by atoms with E-state index in [1.54, 1.807) is 0 Å². The smallest absolute Gasteiger partial charge is 0.224 e. The van der Waals surface area contributed by atoms with Gasteiger partial charge in [0.2, 0.25) is 5.95 Å². The molecule has 0 radical (unpaired) electrons. The second-order valence-corrected chi connectivity index (χ2v) is 8.45. The summed E-state index contributed by atoms with van der Waals surface area (Å²) < 4.78 is 5.52. The standard InChI is InChI=1S/C24H20IN5/c1-29-23-9-5-3-7-21(23)27-24(29)28-26-14-18-16-30(22-8-4-2-6-20(18)22)15-17-10-12-19(25)13-11-17/h2-14,16H,15H2,1H3,(H,27,28)/b26-14-. The number of aryl methyl sites for hydroxylation is 1. The first-order chi connectivity index (χ1) is 14.7. The first kappa shape index (κ1) is 18.9. The predicted octanol–water partition coefficient (Wildman–Crippen LogP) is 5.63. The maximum Gasteiger partial charge on any atom is 0.224 e. The van der Waals surface area contributed by atoms with Crippen LogP contribution in [0.15, 0.2) is 84.1 Å². The summed E-state index contributed by atoms with van der Waals surface area (Å²) in [5.41, 5.74) is 8.66. The van der Waals surface area contributed by atoms with Gasteiger partial charge < -0.3 is 9.13 Å². The molecule has 0 aliphatic heterocycles. The van der Waals surface area contributed by atoms with Crippen LogP contribution in [0.4, 0.5) is 5.95 Å². The maximum absolute atomic E-state index is 4.61. The molecule has 0 spiro atoms. The van der Waals surface area contributed by atoms with Crippen LogP contribution in [0.25, 0.3) is 21.9 Å². The third kappa shape index (κ3) is 3.59. The Balaban J connectivity index is 1.43. The van der Waals surface area contributed by atoms with Crippen LogP contribution < -0.4 is 5.43 Å². The largest absolute Gasteiger partial charge is 0.342 e. The number of aromatic nitrogens is 3. The Kier molecular flexibility index (Phi) is 5.00. The van der Waals surface area contributed by atoms with Gasteiger partial charge in [-0.25, -0.2) is 10.4 Å². The molecule has 148 valence electrons. The van der Waals surface area contributed by atoms with Gasteiger partial charge in [-0.3, -0.25) is 0 Å². The van der Waals surface area contributed by atoms with Gasteiger partial charge in [-0.05, 0) is 58.5 Å². The highest BCUT2D eigenvalue weighted by molar-refractivity contribution is 14.1. The van der Waals surface area contributed by atoms with Gasteiger partial charge >= 0.3 is 0 Å². The van der Waals surface area contributed by atoms with Crippen molar-refractivity contribution < 1.29 is 0 Å². The Labute approximate surface area is 188 Å². The van der Waals surface area contributed by atoms with E-state index < -0.39 is 0 Å². The molecule has 6 heteroatoms. The number of imidazole rings is 1. The monoisotopic (exact) mass is 505 g/mol. The van der Waals surface area contributed by atoms with E-state index in [9.17, 15) is 0 Å². The molecule has 5 rings (SSSR count). The van der Waals surface area contributed by atoms with Crippen molar-refractivity contribution in [1.29, 1.82) is 0 Å². The molecule has 0 fully saturated rings. The number of nitrogens with zero attached hydrogens (tertiary/aromatic N) is 4. The van der Waals surface area contributed by atoms with Gasteiger partial charge in [-0.15, -0.1) is 0 Å². The number of anilines is 1. The predicted molar refractivity (Wildman–Crippen MR) is 132 cm³/mol. The third-order valence-corrected chi connectivity index (χ3v) is 5.96. The molecule has 5 nitrogen and oxygen atoms in total. The molecule has 0 saturated heterocycles. The number of nitrogens with one attached hydrogen (secondary N) is 1. The van der Waals surface area contributed by atoms with Crippen molar-refractivity contribution in [2.75, 3.05) is 5.43 Å². The minimum absolute atomic E-state index is 0.718. The van der Waals surface area contributed by atoms with E-state index in [0.717, 1.165) is 29.1 Å². The van der Waals surface area contributed by atoms with E-state index >= 15 is 0 Å². The fourth-order valence-corrected chi connectivity index (χ4v) is 4.06. The second kappa shape index (κ2) is 7.95. The van der Waals surface area contributed by atoms with E-state index in [1.165, 1.54) is 20.0 Å². The van der Waals surface area contributed by atoms with Crippen molar-refractivity contribution in [3.05, 3.63) is 93.7 Å². The van der Waals surface area contributed by atoms with Crippen molar-refractivity contribution in [2.45, 2.75) is 6.54 Å². The Bertz CT molecular complexity index is 1360. The fraction of sp³-hybridized carbons (Fsp3) is 0.0833. The topological polar surface area (TPSA) is 47.1 Å². The van der Waals surface area contributed by atoms with Crippen LogP contribution in [0, 0.1) is 3.57 Å². The van der Waals surface area contributed by atoms with Crippen LogP contribution >= 0.6 is 22.6 Å². The summed E-state index contributed by atoms with van der Waals surface area (Å²) in [6.07, 6.45) is 4.02.